The summed E-state index contributed by atoms with van der Waals surface area (Å²) in [6, 6.07) is -1.52. The lowest BCUT2D eigenvalue weighted by molar-refractivity contribution is -0.168. The molecule has 2 aromatic rings. The summed E-state index contributed by atoms with van der Waals surface area (Å²) in [5.74, 6) is -13.6. The molecule has 7 amide bonds. The molecule has 24 nitrogen and oxygen atoms in total. The standard InChI is InChI=1S/C53H77N9O15S3/c1-8-26(2)45-50(75)57-21-43(70)58-37-25-80(76)51-35-15-31(48(73)56-22-44(71)60-45)17-40(67)46(28(4)41(68)24-63)61-49(74)38-19-32(65)23-62(38)53(47(72)30(16-39(37)66)18-42(54)69,77-33-9-10-34(35)36(20-33)59-51)12-11-27(3)78-79-52(6,7)13-14-55-29(5)64/h9-10,20,26-28,30-32,37-38,41,45-46,59,63,65,68H,8,11-19,21-25H2,1-7H3,(H2,54,69)(H,55,64)(H,56,73)(H,57,75)(H,58,70)(H,60,71)(H,61,74)/t26-,27?,28-,30-,31+,32?,37?,38-,41-,45-,46-,53?,80+/m0/s1. The average molecular weight is 1180 g/mol. The molecule has 5 heterocycles. The molecular formula is C53H77N9O15S3. The van der Waals surface area contributed by atoms with Crippen LogP contribution in [-0.2, 0) is 65.2 Å². The quantitative estimate of drug-likeness (QED) is 0.0948. The lowest BCUT2D eigenvalue weighted by Crippen LogP contribution is -2.65. The molecule has 1 saturated heterocycles. The molecule has 6 rings (SSSR count). The Morgan fingerprint density at radius 2 is 1.64 bits per heavy atom. The van der Waals surface area contributed by atoms with E-state index in [4.69, 9.17) is 10.5 Å². The van der Waals surface area contributed by atoms with Gasteiger partial charge in [0.15, 0.2) is 17.3 Å². The number of benzene rings is 1. The van der Waals surface area contributed by atoms with Crippen LogP contribution in [0.2, 0.25) is 0 Å². The van der Waals surface area contributed by atoms with Crippen molar-refractivity contribution in [1.29, 1.82) is 0 Å². The predicted molar refractivity (Wildman–Crippen MR) is 298 cm³/mol. The fourth-order valence-corrected chi connectivity index (χ4v) is 14.6. The number of ether oxygens (including phenoxy) is 1. The highest BCUT2D eigenvalue weighted by Crippen LogP contribution is 2.45. The fraction of sp³-hybridized carbons (Fsp3) is 0.660. The van der Waals surface area contributed by atoms with Crippen LogP contribution in [0.4, 0.5) is 0 Å². The number of aromatic amines is 1. The minimum atomic E-state index is -2.36. The van der Waals surface area contributed by atoms with Gasteiger partial charge in [-0.3, -0.25) is 52.2 Å². The number of carbonyl (C=O) groups is 10. The number of nitrogens with one attached hydrogen (secondary N) is 7. The topological polar surface area (TPSA) is 375 Å². The normalized spacial score (nSPS) is 28.5. The molecule has 27 heteroatoms. The number of nitrogens with two attached hydrogens (primary N) is 1. The van der Waals surface area contributed by atoms with Gasteiger partial charge in [-0.1, -0.05) is 55.7 Å². The number of ketones is 3. The summed E-state index contributed by atoms with van der Waals surface area (Å²) in [6.07, 6.45) is -5.11. The predicted octanol–water partition coefficient (Wildman–Crippen LogP) is -0.458. The number of amides is 7. The van der Waals surface area contributed by atoms with Crippen LogP contribution in [0.25, 0.3) is 10.9 Å². The minimum absolute atomic E-state index is 0.0000700. The molecule has 8 bridgehead atoms. The number of H-pyrrole nitrogens is 1. The van der Waals surface area contributed by atoms with Crippen molar-refractivity contribution in [1.82, 2.24) is 41.8 Å². The third-order valence-corrected chi connectivity index (χ3v) is 20.8. The second-order valence-electron chi connectivity index (χ2n) is 22.2. The van der Waals surface area contributed by atoms with Gasteiger partial charge in [-0.05, 0) is 63.1 Å². The van der Waals surface area contributed by atoms with E-state index in [-0.39, 0.29) is 63.4 Å². The molecule has 442 valence electrons. The van der Waals surface area contributed by atoms with E-state index in [1.165, 1.54) is 52.5 Å². The highest BCUT2D eigenvalue weighted by atomic mass is 33.1. The second-order valence-corrected chi connectivity index (χ2v) is 27.0. The minimum Gasteiger partial charge on any atom is -0.465 e. The van der Waals surface area contributed by atoms with Gasteiger partial charge in [0, 0.05) is 84.9 Å². The summed E-state index contributed by atoms with van der Waals surface area (Å²) >= 11 is 0. The first-order valence-electron chi connectivity index (χ1n) is 27.0. The maximum absolute atomic E-state index is 16.2. The number of Topliss-reactive ketones (excluding diaryl/α,β-unsaturated/α-hetero) is 3. The largest absolute Gasteiger partial charge is 0.465 e. The summed E-state index contributed by atoms with van der Waals surface area (Å²) < 4.78 is 21.7. The summed E-state index contributed by atoms with van der Waals surface area (Å²) in [5, 5.41) is 48.8. The van der Waals surface area contributed by atoms with Crippen LogP contribution in [0.5, 0.6) is 5.75 Å². The summed E-state index contributed by atoms with van der Waals surface area (Å²) in [6.45, 7) is 9.90. The Bertz CT molecular complexity index is 2730. The zero-order valence-corrected chi connectivity index (χ0v) is 48.6. The van der Waals surface area contributed by atoms with Gasteiger partial charge in [0.25, 0.3) is 0 Å². The maximum Gasteiger partial charge on any atom is 0.243 e. The zero-order chi connectivity index (χ0) is 59.0. The number of fused-ring (bicyclic) bond motifs is 7. The molecule has 1 fully saturated rings. The first-order chi connectivity index (χ1) is 37.7. The van der Waals surface area contributed by atoms with Crippen LogP contribution < -0.4 is 42.4 Å². The highest BCUT2D eigenvalue weighted by molar-refractivity contribution is 8.77. The Balaban J connectivity index is 1.63. The Morgan fingerprint density at radius 1 is 0.950 bits per heavy atom. The molecular weight excluding hydrogens is 1100 g/mol. The zero-order valence-electron chi connectivity index (χ0n) is 46.2. The third kappa shape index (κ3) is 15.8. The van der Waals surface area contributed by atoms with Crippen molar-refractivity contribution >= 4 is 102 Å². The van der Waals surface area contributed by atoms with Crippen molar-refractivity contribution in [2.45, 2.75) is 163 Å². The molecule has 1 aromatic heterocycles. The number of rotatable bonds is 16. The number of carbonyl (C=O) groups excluding carboxylic acids is 10. The van der Waals surface area contributed by atoms with E-state index in [9.17, 15) is 44.1 Å². The first kappa shape index (κ1) is 63.7. The number of hydrogen-bond acceptors (Lipinski definition) is 18. The highest BCUT2D eigenvalue weighted by Gasteiger charge is 2.57. The number of aliphatic hydroxyl groups is 3. The molecule has 13 atom stereocenters. The van der Waals surface area contributed by atoms with E-state index in [0.717, 1.165) is 0 Å². The van der Waals surface area contributed by atoms with Gasteiger partial charge < -0.3 is 62.7 Å². The van der Waals surface area contributed by atoms with Gasteiger partial charge in [0.1, 0.15) is 16.8 Å². The lowest BCUT2D eigenvalue weighted by atomic mass is 9.83. The van der Waals surface area contributed by atoms with Crippen molar-refractivity contribution in [3.63, 3.8) is 0 Å². The smallest absolute Gasteiger partial charge is 0.243 e. The monoisotopic (exact) mass is 1180 g/mol. The SMILES string of the molecule is CC[C@H](C)[C@@H]1NC(=O)CNC(=O)[C@H]2CC(=O)[C@H]([C@@H](C)[C@@H](O)CO)NC(=O)[C@@H]3CC(O)CN3C3(CCC(C)SSC(C)(C)CCNC(C)=O)Oc4ccc5c(c([nH]c5c4)[S@](=O)CC(NC(=O)CNC1=O)C(=O)C[C@@H](CC(N)=O)C3=O)C2. The van der Waals surface area contributed by atoms with Gasteiger partial charge in [-0.15, -0.1) is 0 Å². The van der Waals surface area contributed by atoms with E-state index >= 15 is 23.4 Å². The Kier molecular flexibility index (Phi) is 21.9. The number of hydrogen-bond donors (Lipinski definition) is 11. The molecule has 0 aliphatic carbocycles. The molecule has 1 aromatic carbocycles. The number of nitrogens with zero attached hydrogens (tertiary/aromatic N) is 1. The Hall–Kier alpha value is -5.45. The van der Waals surface area contributed by atoms with E-state index in [2.05, 4.69) is 36.9 Å². The molecule has 4 aliphatic heterocycles. The molecule has 12 N–H and O–H groups in total. The van der Waals surface area contributed by atoms with Crippen LogP contribution in [0.15, 0.2) is 23.2 Å². The van der Waals surface area contributed by atoms with Gasteiger partial charge in [0.05, 0.1) is 72.1 Å². The van der Waals surface area contributed by atoms with Crippen LogP contribution in [0.1, 0.15) is 105 Å². The van der Waals surface area contributed by atoms with Crippen molar-refractivity contribution in [3.05, 3.63) is 23.8 Å². The maximum atomic E-state index is 16.2. The molecule has 80 heavy (non-hydrogen) atoms. The van der Waals surface area contributed by atoms with Gasteiger partial charge >= 0.3 is 0 Å². The van der Waals surface area contributed by atoms with Gasteiger partial charge in [-0.25, -0.2) is 4.90 Å². The average Bonchev–Trinajstić information content (AvgIpc) is 4.20. The molecule has 0 radical (unpaired) electrons. The van der Waals surface area contributed by atoms with Crippen molar-refractivity contribution < 1.29 is 72.2 Å². The molecule has 0 saturated carbocycles. The fourth-order valence-electron chi connectivity index (χ4n) is 10.6. The molecule has 0 spiro atoms. The third-order valence-electron chi connectivity index (χ3n) is 15.4. The van der Waals surface area contributed by atoms with Crippen LogP contribution in [0, 0.1) is 23.7 Å². The second kappa shape index (κ2) is 27.5. The van der Waals surface area contributed by atoms with E-state index in [1.807, 2.05) is 20.8 Å². The van der Waals surface area contributed by atoms with Crippen molar-refractivity contribution in [2.24, 2.45) is 29.4 Å². The summed E-state index contributed by atoms with van der Waals surface area (Å²) in [5.41, 5.74) is 3.96. The first-order valence-corrected chi connectivity index (χ1v) is 30.6. The summed E-state index contributed by atoms with van der Waals surface area (Å²) in [4.78, 5) is 147. The van der Waals surface area contributed by atoms with Crippen LogP contribution in [-0.4, -0.2) is 179 Å². The van der Waals surface area contributed by atoms with Crippen molar-refractivity contribution in [2.75, 3.05) is 38.5 Å². The van der Waals surface area contributed by atoms with Crippen LogP contribution in [0.3, 0.4) is 0 Å². The number of aromatic nitrogens is 1. The van der Waals surface area contributed by atoms with E-state index < -0.39 is 181 Å². The molecule has 4 aliphatic rings. The van der Waals surface area contributed by atoms with E-state index in [1.54, 1.807) is 19.9 Å². The number of primary amides is 1. The van der Waals surface area contributed by atoms with E-state index in [0.29, 0.717) is 24.8 Å². The Labute approximate surface area is 474 Å². The van der Waals surface area contributed by atoms with Gasteiger partial charge in [-0.2, -0.15) is 0 Å². The van der Waals surface area contributed by atoms with Gasteiger partial charge in [0.2, 0.25) is 47.1 Å². The lowest BCUT2D eigenvalue weighted by Gasteiger charge is -2.45. The summed E-state index contributed by atoms with van der Waals surface area (Å²) in [7, 11) is 0.714. The Morgan fingerprint density at radius 3 is 2.30 bits per heavy atom. The molecule has 4 unspecified atom stereocenters. The van der Waals surface area contributed by atoms with Crippen molar-refractivity contribution in [3.8, 4) is 5.75 Å². The number of aliphatic hydroxyl groups excluding tert-OH is 3. The van der Waals surface area contributed by atoms with Crippen LogP contribution >= 0.6 is 21.6 Å².